The van der Waals surface area contributed by atoms with Gasteiger partial charge in [0, 0.05) is 37.4 Å². The monoisotopic (exact) mass is 397 g/mol. The highest BCUT2D eigenvalue weighted by Gasteiger charge is 2.38. The number of carbonyl (C=O) groups is 2. The Bertz CT molecular complexity index is 897. The lowest BCUT2D eigenvalue weighted by molar-refractivity contribution is 0.0820. The highest BCUT2D eigenvalue weighted by Crippen LogP contribution is 2.36. The molecule has 0 aromatic carbocycles. The topological polar surface area (TPSA) is 97.5 Å². The SMILES string of the molecule is CCC1CN(C(=O)N2Cc3c(NC(=O)c4ccccn4)n[nH]c3C2C)CCN1C. The quantitative estimate of drug-likeness (QED) is 0.826. The standard InChI is InChI=1S/C20H27N7O2/c1-4-14-11-26(10-9-25(14)3)20(29)27-12-15-17(13(27)2)23-24-18(15)22-19(28)16-7-5-6-8-21-16/h5-8,13-14H,4,9-12H2,1-3H3,(H2,22,23,24,28). The van der Waals surface area contributed by atoms with E-state index >= 15 is 0 Å². The van der Waals surface area contributed by atoms with Crippen LogP contribution in [0.3, 0.4) is 0 Å². The fourth-order valence-electron chi connectivity index (χ4n) is 4.09. The summed E-state index contributed by atoms with van der Waals surface area (Å²) in [6.45, 7) is 6.91. The molecule has 1 saturated heterocycles. The number of urea groups is 1. The summed E-state index contributed by atoms with van der Waals surface area (Å²) in [4.78, 5) is 35.8. The molecule has 0 saturated carbocycles. The highest BCUT2D eigenvalue weighted by atomic mass is 16.2. The Balaban J connectivity index is 1.47. The second-order valence-electron chi connectivity index (χ2n) is 7.71. The molecule has 2 N–H and O–H groups in total. The number of rotatable bonds is 3. The van der Waals surface area contributed by atoms with Gasteiger partial charge < -0.3 is 15.1 Å². The fraction of sp³-hybridized carbons (Fsp3) is 0.500. The third-order valence-corrected chi connectivity index (χ3v) is 6.01. The van der Waals surface area contributed by atoms with Crippen molar-refractivity contribution >= 4 is 17.8 Å². The number of carbonyl (C=O) groups excluding carboxylic acids is 2. The predicted molar refractivity (Wildman–Crippen MR) is 108 cm³/mol. The molecule has 4 heterocycles. The van der Waals surface area contributed by atoms with E-state index in [2.05, 4.69) is 39.4 Å². The van der Waals surface area contributed by atoms with E-state index in [4.69, 9.17) is 0 Å². The highest BCUT2D eigenvalue weighted by molar-refractivity contribution is 6.02. The van der Waals surface area contributed by atoms with Crippen molar-refractivity contribution < 1.29 is 9.59 Å². The van der Waals surface area contributed by atoms with Crippen molar-refractivity contribution in [2.45, 2.75) is 38.9 Å². The number of hydrogen-bond acceptors (Lipinski definition) is 5. The Labute approximate surface area is 170 Å². The molecule has 1 fully saturated rings. The first-order valence-corrected chi connectivity index (χ1v) is 10.0. The number of nitrogens with zero attached hydrogens (tertiary/aromatic N) is 5. The first-order chi connectivity index (χ1) is 14.0. The Hall–Kier alpha value is -2.94. The third-order valence-electron chi connectivity index (χ3n) is 6.01. The van der Waals surface area contributed by atoms with Gasteiger partial charge in [-0.15, -0.1) is 0 Å². The van der Waals surface area contributed by atoms with E-state index in [1.807, 2.05) is 16.7 Å². The van der Waals surface area contributed by atoms with Crippen LogP contribution in [0, 0.1) is 0 Å². The summed E-state index contributed by atoms with van der Waals surface area (Å²) in [5.41, 5.74) is 2.05. The van der Waals surface area contributed by atoms with Crippen LogP contribution in [0.4, 0.5) is 10.6 Å². The van der Waals surface area contributed by atoms with Gasteiger partial charge in [-0.3, -0.25) is 19.8 Å². The van der Waals surface area contributed by atoms with Crippen LogP contribution in [-0.4, -0.2) is 74.5 Å². The van der Waals surface area contributed by atoms with Gasteiger partial charge in [-0.25, -0.2) is 4.79 Å². The molecule has 3 amide bonds. The van der Waals surface area contributed by atoms with Crippen molar-refractivity contribution in [2.75, 3.05) is 32.0 Å². The maximum atomic E-state index is 13.2. The molecule has 2 atom stereocenters. The molecule has 0 spiro atoms. The van der Waals surface area contributed by atoms with E-state index in [0.717, 1.165) is 37.3 Å². The van der Waals surface area contributed by atoms with Gasteiger partial charge in [0.15, 0.2) is 5.82 Å². The van der Waals surface area contributed by atoms with Crippen LogP contribution < -0.4 is 5.32 Å². The molecule has 2 aromatic heterocycles. The second kappa shape index (κ2) is 7.82. The van der Waals surface area contributed by atoms with Crippen LogP contribution in [-0.2, 0) is 6.54 Å². The average Bonchev–Trinajstić information content (AvgIpc) is 3.29. The number of piperazine rings is 1. The maximum absolute atomic E-state index is 13.2. The van der Waals surface area contributed by atoms with Crippen LogP contribution in [0.5, 0.6) is 0 Å². The summed E-state index contributed by atoms with van der Waals surface area (Å²) in [6.07, 6.45) is 2.59. The number of aromatic amines is 1. The van der Waals surface area contributed by atoms with Crippen LogP contribution in [0.15, 0.2) is 24.4 Å². The van der Waals surface area contributed by atoms with Crippen LogP contribution in [0.1, 0.15) is 48.1 Å². The van der Waals surface area contributed by atoms with Crippen LogP contribution in [0.2, 0.25) is 0 Å². The maximum Gasteiger partial charge on any atom is 0.320 e. The molecule has 9 heteroatoms. The number of aromatic nitrogens is 3. The molecular weight excluding hydrogens is 370 g/mol. The van der Waals surface area contributed by atoms with Crippen LogP contribution >= 0.6 is 0 Å². The first kappa shape index (κ1) is 19.4. The molecule has 0 bridgehead atoms. The summed E-state index contributed by atoms with van der Waals surface area (Å²) >= 11 is 0. The zero-order valence-electron chi connectivity index (χ0n) is 17.1. The van der Waals surface area contributed by atoms with Gasteiger partial charge in [-0.1, -0.05) is 13.0 Å². The van der Waals surface area contributed by atoms with Gasteiger partial charge in [-0.05, 0) is 32.5 Å². The lowest BCUT2D eigenvalue weighted by Gasteiger charge is -2.41. The number of anilines is 1. The van der Waals surface area contributed by atoms with Crippen molar-refractivity contribution in [1.29, 1.82) is 0 Å². The molecule has 0 aliphatic carbocycles. The van der Waals surface area contributed by atoms with E-state index < -0.39 is 0 Å². The molecule has 154 valence electrons. The summed E-state index contributed by atoms with van der Waals surface area (Å²) in [5.74, 6) is 0.143. The van der Waals surface area contributed by atoms with Crippen molar-refractivity contribution in [1.82, 2.24) is 29.9 Å². The summed E-state index contributed by atoms with van der Waals surface area (Å²) in [6, 6.07) is 5.48. The summed E-state index contributed by atoms with van der Waals surface area (Å²) < 4.78 is 0. The average molecular weight is 397 g/mol. The van der Waals surface area contributed by atoms with Crippen molar-refractivity contribution in [3.63, 3.8) is 0 Å². The molecule has 0 radical (unpaired) electrons. The largest absolute Gasteiger partial charge is 0.322 e. The predicted octanol–water partition coefficient (Wildman–Crippen LogP) is 2.08. The van der Waals surface area contributed by atoms with Crippen molar-refractivity contribution in [3.05, 3.63) is 41.3 Å². The molecule has 4 rings (SSSR count). The summed E-state index contributed by atoms with van der Waals surface area (Å²) in [7, 11) is 2.11. The molecule has 2 aliphatic rings. The first-order valence-electron chi connectivity index (χ1n) is 10.0. The van der Waals surface area contributed by atoms with E-state index in [9.17, 15) is 9.59 Å². The molecule has 9 nitrogen and oxygen atoms in total. The second-order valence-corrected chi connectivity index (χ2v) is 7.71. The molecule has 2 unspecified atom stereocenters. The molecule has 2 aromatic rings. The number of H-pyrrole nitrogens is 1. The van der Waals surface area contributed by atoms with Gasteiger partial charge in [0.1, 0.15) is 5.69 Å². The van der Waals surface area contributed by atoms with E-state index in [0.29, 0.717) is 24.1 Å². The zero-order valence-corrected chi connectivity index (χ0v) is 17.1. The Morgan fingerprint density at radius 3 is 2.86 bits per heavy atom. The number of amides is 3. The number of fused-ring (bicyclic) bond motifs is 1. The minimum Gasteiger partial charge on any atom is -0.322 e. The van der Waals surface area contributed by atoms with Crippen LogP contribution in [0.25, 0.3) is 0 Å². The number of hydrogen-bond donors (Lipinski definition) is 2. The number of nitrogens with one attached hydrogen (secondary N) is 2. The number of likely N-dealkylation sites (N-methyl/N-ethyl adjacent to an activating group) is 1. The lowest BCUT2D eigenvalue weighted by atomic mass is 10.1. The Morgan fingerprint density at radius 2 is 2.14 bits per heavy atom. The number of pyridine rings is 1. The fourth-order valence-corrected chi connectivity index (χ4v) is 4.09. The minimum atomic E-state index is -0.317. The van der Waals surface area contributed by atoms with Crippen molar-refractivity contribution in [3.8, 4) is 0 Å². The van der Waals surface area contributed by atoms with Crippen molar-refractivity contribution in [2.24, 2.45) is 0 Å². The van der Waals surface area contributed by atoms with Gasteiger partial charge in [0.25, 0.3) is 5.91 Å². The normalized spacial score (nSPS) is 21.9. The lowest BCUT2D eigenvalue weighted by Crippen LogP contribution is -2.55. The molecule has 2 aliphatic heterocycles. The van der Waals surface area contributed by atoms with Gasteiger partial charge >= 0.3 is 6.03 Å². The molecule has 29 heavy (non-hydrogen) atoms. The van der Waals surface area contributed by atoms with Gasteiger partial charge in [0.05, 0.1) is 18.3 Å². The summed E-state index contributed by atoms with van der Waals surface area (Å²) in [5, 5.41) is 10.1. The van der Waals surface area contributed by atoms with E-state index in [-0.39, 0.29) is 18.0 Å². The zero-order chi connectivity index (χ0) is 20.5. The molecular formula is C20H27N7O2. The smallest absolute Gasteiger partial charge is 0.320 e. The Morgan fingerprint density at radius 1 is 1.31 bits per heavy atom. The van der Waals surface area contributed by atoms with E-state index in [1.54, 1.807) is 24.4 Å². The minimum absolute atomic E-state index is 0.0376. The van der Waals surface area contributed by atoms with Gasteiger partial charge in [-0.2, -0.15) is 5.10 Å². The van der Waals surface area contributed by atoms with Gasteiger partial charge in [0.2, 0.25) is 0 Å². The van der Waals surface area contributed by atoms with E-state index in [1.165, 1.54) is 0 Å². The third kappa shape index (κ3) is 3.57. The Kier molecular flexibility index (Phi) is 5.23.